The predicted molar refractivity (Wildman–Crippen MR) is 88.3 cm³/mol. The van der Waals surface area contributed by atoms with E-state index in [1.54, 1.807) is 4.68 Å². The van der Waals surface area contributed by atoms with E-state index in [0.717, 1.165) is 22.5 Å². The van der Waals surface area contributed by atoms with Crippen molar-refractivity contribution < 1.29 is 0 Å². The molecule has 2 aromatic carbocycles. The summed E-state index contributed by atoms with van der Waals surface area (Å²) in [5, 5.41) is 0. The van der Waals surface area contributed by atoms with E-state index in [1.165, 1.54) is 0 Å². The molecule has 0 aliphatic heterocycles. The van der Waals surface area contributed by atoms with Crippen molar-refractivity contribution in [2.75, 3.05) is 0 Å². The van der Waals surface area contributed by atoms with E-state index in [-0.39, 0.29) is 35.1 Å². The minimum atomic E-state index is 0. The van der Waals surface area contributed by atoms with E-state index in [9.17, 15) is 4.79 Å². The first-order valence-electron chi connectivity index (χ1n) is 6.59. The second-order valence-electron chi connectivity index (χ2n) is 4.80. The Balaban J connectivity index is 0.00000161. The number of aromatic nitrogens is 2. The molecule has 0 aliphatic rings. The molecule has 4 heteroatoms. The maximum absolute atomic E-state index is 12.8. The van der Waals surface area contributed by atoms with Gasteiger partial charge in [0.15, 0.2) is 0 Å². The third-order valence-electron chi connectivity index (χ3n) is 3.62. The first-order chi connectivity index (χ1) is 9.70. The Kier molecular flexibility index (Phi) is 4.88. The number of nitrogens with zero attached hydrogens (tertiary/aromatic N) is 2. The molecule has 0 spiro atoms. The van der Waals surface area contributed by atoms with Crippen molar-refractivity contribution in [1.29, 1.82) is 0 Å². The van der Waals surface area contributed by atoms with E-state index in [2.05, 4.69) is 0 Å². The molecule has 0 saturated heterocycles. The van der Waals surface area contributed by atoms with E-state index in [0.29, 0.717) is 0 Å². The summed E-state index contributed by atoms with van der Waals surface area (Å²) in [5.41, 5.74) is 3.58. The Morgan fingerprint density at radius 3 is 1.95 bits per heavy atom. The number of hydrogen-bond donors (Lipinski definition) is 0. The number of para-hydroxylation sites is 1. The molecule has 0 amide bonds. The van der Waals surface area contributed by atoms with Gasteiger partial charge in [-0.25, -0.2) is 4.68 Å². The molecular weight excluding hydrogens is 271 g/mol. The van der Waals surface area contributed by atoms with Crippen LogP contribution < -0.4 is 5.56 Å². The molecule has 1 heterocycles. The van der Waals surface area contributed by atoms with Gasteiger partial charge in [0.05, 0.1) is 11.3 Å². The Hall–Kier alpha value is -1.55. The summed E-state index contributed by atoms with van der Waals surface area (Å²) in [6.07, 6.45) is 0. The predicted octanol–water partition coefficient (Wildman–Crippen LogP) is 2.50. The maximum atomic E-state index is 12.8. The molecule has 0 unspecified atom stereocenters. The number of rotatable bonds is 2. The van der Waals surface area contributed by atoms with Gasteiger partial charge in [-0.2, -0.15) is 0 Å². The second-order valence-corrected chi connectivity index (χ2v) is 4.80. The van der Waals surface area contributed by atoms with Gasteiger partial charge in [-0.1, -0.05) is 48.5 Å². The number of hydrogen-bond acceptors (Lipinski definition) is 1. The van der Waals surface area contributed by atoms with Crippen molar-refractivity contribution in [1.82, 2.24) is 9.36 Å². The van der Waals surface area contributed by atoms with Gasteiger partial charge < -0.3 is 0 Å². The summed E-state index contributed by atoms with van der Waals surface area (Å²) >= 11 is 0. The number of benzene rings is 2. The van der Waals surface area contributed by atoms with Crippen LogP contribution in [0.1, 0.15) is 5.69 Å². The van der Waals surface area contributed by atoms with Gasteiger partial charge >= 0.3 is 29.6 Å². The summed E-state index contributed by atoms with van der Waals surface area (Å²) in [6, 6.07) is 19.5. The molecule has 0 N–H and O–H groups in total. The summed E-state index contributed by atoms with van der Waals surface area (Å²) < 4.78 is 3.61. The Bertz CT molecular complexity index is 723. The van der Waals surface area contributed by atoms with Crippen LogP contribution in [0, 0.1) is 6.92 Å². The molecular formula is C17H17N2NaO. The Labute approximate surface area is 146 Å². The molecule has 102 valence electrons. The fraction of sp³-hybridized carbons (Fsp3) is 0.118. The molecule has 0 saturated carbocycles. The molecule has 0 bridgehead atoms. The zero-order chi connectivity index (χ0) is 14.1. The van der Waals surface area contributed by atoms with E-state index in [4.69, 9.17) is 0 Å². The van der Waals surface area contributed by atoms with Gasteiger partial charge in [0.1, 0.15) is 0 Å². The Morgan fingerprint density at radius 2 is 1.38 bits per heavy atom. The van der Waals surface area contributed by atoms with Crippen LogP contribution in [0.15, 0.2) is 65.5 Å². The molecule has 0 aliphatic carbocycles. The minimum absolute atomic E-state index is 0. The molecule has 3 aromatic rings. The molecule has 0 atom stereocenters. The summed E-state index contributed by atoms with van der Waals surface area (Å²) in [6.45, 7) is 1.98. The molecule has 21 heavy (non-hydrogen) atoms. The first kappa shape index (κ1) is 15.8. The van der Waals surface area contributed by atoms with Gasteiger partial charge in [0.2, 0.25) is 0 Å². The van der Waals surface area contributed by atoms with E-state index < -0.39 is 0 Å². The fourth-order valence-corrected chi connectivity index (χ4v) is 2.51. The average molecular weight is 288 g/mol. The standard InChI is InChI=1S/C17H16N2O.Na.H/c1-13-16(14-9-5-3-6-10-14)17(20)19(18(13)2)15-11-7-4-8-12-15;;/h3-12H,1-2H3;;. The van der Waals surface area contributed by atoms with Crippen LogP contribution in [0.5, 0.6) is 0 Å². The van der Waals surface area contributed by atoms with Crippen molar-refractivity contribution in [3.05, 3.63) is 76.7 Å². The van der Waals surface area contributed by atoms with Crippen molar-refractivity contribution >= 4 is 29.6 Å². The second kappa shape index (κ2) is 6.48. The fourth-order valence-electron chi connectivity index (χ4n) is 2.51. The van der Waals surface area contributed by atoms with Crippen LogP contribution in [0.3, 0.4) is 0 Å². The zero-order valence-corrected chi connectivity index (χ0v) is 11.6. The summed E-state index contributed by atoms with van der Waals surface area (Å²) in [4.78, 5) is 12.8. The third-order valence-corrected chi connectivity index (χ3v) is 3.62. The van der Waals surface area contributed by atoms with Crippen LogP contribution in [0.4, 0.5) is 0 Å². The van der Waals surface area contributed by atoms with Crippen LogP contribution in [0.25, 0.3) is 16.8 Å². The van der Waals surface area contributed by atoms with Gasteiger partial charge in [0, 0.05) is 12.7 Å². The van der Waals surface area contributed by atoms with Crippen molar-refractivity contribution in [3.8, 4) is 16.8 Å². The van der Waals surface area contributed by atoms with Gasteiger partial charge in [-0.3, -0.25) is 9.48 Å². The molecule has 1 aromatic heterocycles. The molecule has 0 fully saturated rings. The average Bonchev–Trinajstić information content (AvgIpc) is 2.71. The van der Waals surface area contributed by atoms with Crippen LogP contribution in [-0.2, 0) is 7.05 Å². The van der Waals surface area contributed by atoms with Gasteiger partial charge in [0.25, 0.3) is 5.56 Å². The molecule has 0 radical (unpaired) electrons. The normalized spacial score (nSPS) is 10.2. The van der Waals surface area contributed by atoms with Crippen molar-refractivity contribution in [3.63, 3.8) is 0 Å². The van der Waals surface area contributed by atoms with Crippen LogP contribution >= 0.6 is 0 Å². The monoisotopic (exact) mass is 288 g/mol. The Morgan fingerprint density at radius 1 is 0.857 bits per heavy atom. The SMILES string of the molecule is Cc1c(-c2ccccc2)c(=O)n(-c2ccccc2)n1C.[NaH]. The van der Waals surface area contributed by atoms with E-state index in [1.807, 2.05) is 79.3 Å². The van der Waals surface area contributed by atoms with Gasteiger partial charge in [-0.05, 0) is 24.6 Å². The molecule has 3 rings (SSSR count). The first-order valence-corrected chi connectivity index (χ1v) is 6.59. The van der Waals surface area contributed by atoms with E-state index >= 15 is 0 Å². The quantitative estimate of drug-likeness (QED) is 0.666. The zero-order valence-electron chi connectivity index (χ0n) is 11.6. The van der Waals surface area contributed by atoms with Crippen LogP contribution in [0.2, 0.25) is 0 Å². The summed E-state index contributed by atoms with van der Waals surface area (Å²) in [7, 11) is 1.91. The molecule has 3 nitrogen and oxygen atoms in total. The van der Waals surface area contributed by atoms with Crippen molar-refractivity contribution in [2.24, 2.45) is 7.05 Å². The summed E-state index contributed by atoms with van der Waals surface area (Å²) in [5.74, 6) is 0. The van der Waals surface area contributed by atoms with Crippen molar-refractivity contribution in [2.45, 2.75) is 6.92 Å². The van der Waals surface area contributed by atoms with Gasteiger partial charge in [-0.15, -0.1) is 0 Å². The third kappa shape index (κ3) is 2.77. The van der Waals surface area contributed by atoms with Crippen LogP contribution in [-0.4, -0.2) is 38.9 Å². The topological polar surface area (TPSA) is 26.9 Å².